The van der Waals surface area contributed by atoms with E-state index >= 15 is 0 Å². The molecule has 0 N–H and O–H groups in total. The molecule has 0 saturated carbocycles. The van der Waals surface area contributed by atoms with E-state index in [9.17, 15) is 9.59 Å². The molecule has 2 fully saturated rings. The molecular formula is C16H19N3O2S3. The summed E-state index contributed by atoms with van der Waals surface area (Å²) in [6, 6.07) is 3.92. The van der Waals surface area contributed by atoms with Gasteiger partial charge >= 0.3 is 0 Å². The highest BCUT2D eigenvalue weighted by Gasteiger charge is 2.32. The predicted octanol–water partition coefficient (Wildman–Crippen LogP) is 2.11. The fraction of sp³-hybridized carbons (Fsp3) is 0.438. The number of thiocarbonyl (C=S) groups is 1. The number of carbonyl (C=O) groups excluding carboxylic acids is 2. The lowest BCUT2D eigenvalue weighted by molar-refractivity contribution is -0.133. The van der Waals surface area contributed by atoms with Gasteiger partial charge in [-0.3, -0.25) is 14.5 Å². The number of hydrogen-bond acceptors (Lipinski definition) is 6. The second-order valence-corrected chi connectivity index (χ2v) is 8.44. The van der Waals surface area contributed by atoms with Crippen molar-refractivity contribution in [3.8, 4) is 0 Å². The van der Waals surface area contributed by atoms with Crippen molar-refractivity contribution < 1.29 is 9.59 Å². The Bertz CT molecular complexity index is 664. The normalized spacial score (nSPS) is 21.1. The van der Waals surface area contributed by atoms with Crippen LogP contribution < -0.4 is 0 Å². The van der Waals surface area contributed by atoms with Crippen molar-refractivity contribution >= 4 is 57.5 Å². The van der Waals surface area contributed by atoms with Gasteiger partial charge in [-0.1, -0.05) is 30.0 Å². The molecule has 0 bridgehead atoms. The molecule has 3 rings (SSSR count). The zero-order valence-corrected chi connectivity index (χ0v) is 15.9. The molecule has 2 aliphatic heterocycles. The number of piperazine rings is 1. The van der Waals surface area contributed by atoms with Gasteiger partial charge in [-0.05, 0) is 24.6 Å². The number of thioether (sulfide) groups is 1. The van der Waals surface area contributed by atoms with Crippen LogP contribution in [0.5, 0.6) is 0 Å². The van der Waals surface area contributed by atoms with Gasteiger partial charge in [0.2, 0.25) is 5.91 Å². The molecule has 2 saturated heterocycles. The van der Waals surface area contributed by atoms with E-state index in [0.717, 1.165) is 31.1 Å². The summed E-state index contributed by atoms with van der Waals surface area (Å²) in [7, 11) is 2.06. The molecule has 2 amide bonds. The van der Waals surface area contributed by atoms with E-state index in [1.807, 2.05) is 28.5 Å². The predicted molar refractivity (Wildman–Crippen MR) is 103 cm³/mol. The number of thiophene rings is 1. The van der Waals surface area contributed by atoms with Gasteiger partial charge < -0.3 is 9.80 Å². The summed E-state index contributed by atoms with van der Waals surface area (Å²) < 4.78 is 0.536. The van der Waals surface area contributed by atoms with Gasteiger partial charge in [0.15, 0.2) is 0 Å². The SMILES string of the molecule is CN1CCN(C(=O)CCN2C(=O)/C(=C/c3cccs3)SC2=S)CC1. The number of hydrogen-bond donors (Lipinski definition) is 0. The van der Waals surface area contributed by atoms with Crippen molar-refractivity contribution in [1.29, 1.82) is 0 Å². The second kappa shape index (κ2) is 7.77. The molecule has 128 valence electrons. The lowest BCUT2D eigenvalue weighted by Gasteiger charge is -2.32. The fourth-order valence-electron chi connectivity index (χ4n) is 2.62. The minimum atomic E-state index is -0.0930. The minimum Gasteiger partial charge on any atom is -0.340 e. The molecule has 24 heavy (non-hydrogen) atoms. The number of carbonyl (C=O) groups is 2. The molecule has 3 heterocycles. The molecular weight excluding hydrogens is 362 g/mol. The third-order valence-electron chi connectivity index (χ3n) is 4.10. The summed E-state index contributed by atoms with van der Waals surface area (Å²) in [4.78, 5) is 32.1. The van der Waals surface area contributed by atoms with Crippen LogP contribution in [0, 0.1) is 0 Å². The van der Waals surface area contributed by atoms with Crippen molar-refractivity contribution in [1.82, 2.24) is 14.7 Å². The average Bonchev–Trinajstić information content (AvgIpc) is 3.16. The highest BCUT2D eigenvalue weighted by atomic mass is 32.2. The number of amides is 2. The van der Waals surface area contributed by atoms with Crippen LogP contribution in [0.15, 0.2) is 22.4 Å². The van der Waals surface area contributed by atoms with Crippen molar-refractivity contribution in [2.24, 2.45) is 0 Å². The van der Waals surface area contributed by atoms with Crippen LogP contribution in [0.3, 0.4) is 0 Å². The Morgan fingerprint density at radius 3 is 2.75 bits per heavy atom. The minimum absolute atomic E-state index is 0.0930. The topological polar surface area (TPSA) is 43.9 Å². The molecule has 8 heteroatoms. The van der Waals surface area contributed by atoms with Crippen LogP contribution in [0.25, 0.3) is 6.08 Å². The van der Waals surface area contributed by atoms with Gasteiger partial charge in [0.25, 0.3) is 5.91 Å². The summed E-state index contributed by atoms with van der Waals surface area (Å²) in [5.74, 6) is 0.00367. The Kier molecular flexibility index (Phi) is 5.70. The summed E-state index contributed by atoms with van der Waals surface area (Å²) >= 11 is 8.21. The van der Waals surface area contributed by atoms with E-state index in [-0.39, 0.29) is 11.8 Å². The van der Waals surface area contributed by atoms with Crippen LogP contribution in [-0.2, 0) is 9.59 Å². The van der Waals surface area contributed by atoms with Crippen LogP contribution in [-0.4, -0.2) is 70.6 Å². The highest BCUT2D eigenvalue weighted by Crippen LogP contribution is 2.33. The Hall–Kier alpha value is -1.22. The molecule has 0 aromatic carbocycles. The first-order chi connectivity index (χ1) is 11.5. The quantitative estimate of drug-likeness (QED) is 0.590. The van der Waals surface area contributed by atoms with Gasteiger partial charge in [0, 0.05) is 44.0 Å². The van der Waals surface area contributed by atoms with Crippen LogP contribution in [0.1, 0.15) is 11.3 Å². The zero-order valence-electron chi connectivity index (χ0n) is 13.4. The molecule has 1 aromatic heterocycles. The molecule has 0 unspecified atom stereocenters. The van der Waals surface area contributed by atoms with Crippen molar-refractivity contribution in [2.45, 2.75) is 6.42 Å². The van der Waals surface area contributed by atoms with Gasteiger partial charge in [0.1, 0.15) is 4.32 Å². The van der Waals surface area contributed by atoms with Gasteiger partial charge in [-0.25, -0.2) is 0 Å². The highest BCUT2D eigenvalue weighted by molar-refractivity contribution is 8.26. The van der Waals surface area contributed by atoms with E-state index in [1.165, 1.54) is 11.8 Å². The largest absolute Gasteiger partial charge is 0.340 e. The first-order valence-corrected chi connectivity index (χ1v) is 9.90. The molecule has 0 radical (unpaired) electrons. The standard InChI is InChI=1S/C16H19N3O2S3/c1-17-6-8-18(9-7-17)14(20)4-5-19-15(21)13(24-16(19)22)11-12-3-2-10-23-12/h2-3,10-11H,4-9H2,1H3/b13-11-. The first kappa shape index (κ1) is 17.6. The van der Waals surface area contributed by atoms with Crippen LogP contribution >= 0.6 is 35.3 Å². The molecule has 1 aromatic rings. The van der Waals surface area contributed by atoms with E-state index in [1.54, 1.807) is 16.2 Å². The Morgan fingerprint density at radius 1 is 1.33 bits per heavy atom. The lowest BCUT2D eigenvalue weighted by atomic mass is 10.2. The van der Waals surface area contributed by atoms with Gasteiger partial charge in [0.05, 0.1) is 4.91 Å². The Morgan fingerprint density at radius 2 is 2.08 bits per heavy atom. The number of nitrogens with zero attached hydrogens (tertiary/aromatic N) is 3. The second-order valence-electron chi connectivity index (χ2n) is 5.78. The average molecular weight is 382 g/mol. The monoisotopic (exact) mass is 381 g/mol. The van der Waals surface area contributed by atoms with Crippen molar-refractivity contribution in [2.75, 3.05) is 39.8 Å². The van der Waals surface area contributed by atoms with E-state index in [2.05, 4.69) is 11.9 Å². The van der Waals surface area contributed by atoms with Crippen LogP contribution in [0.4, 0.5) is 0 Å². The fourth-order valence-corrected chi connectivity index (χ4v) is 4.65. The lowest BCUT2D eigenvalue weighted by Crippen LogP contribution is -2.47. The Labute approximate surface area is 155 Å². The zero-order chi connectivity index (χ0) is 17.1. The molecule has 5 nitrogen and oxygen atoms in total. The number of rotatable bonds is 4. The van der Waals surface area contributed by atoms with Gasteiger partial charge in [-0.15, -0.1) is 11.3 Å². The summed E-state index contributed by atoms with van der Waals surface area (Å²) in [6.45, 7) is 3.67. The van der Waals surface area contributed by atoms with E-state index in [0.29, 0.717) is 22.2 Å². The summed E-state index contributed by atoms with van der Waals surface area (Å²) in [5.41, 5.74) is 0. The Balaban J connectivity index is 1.56. The van der Waals surface area contributed by atoms with Crippen molar-refractivity contribution in [3.05, 3.63) is 27.3 Å². The maximum absolute atomic E-state index is 12.5. The van der Waals surface area contributed by atoms with E-state index in [4.69, 9.17) is 12.2 Å². The summed E-state index contributed by atoms with van der Waals surface area (Å²) in [6.07, 6.45) is 2.19. The van der Waals surface area contributed by atoms with E-state index < -0.39 is 0 Å². The maximum atomic E-state index is 12.5. The molecule has 0 atom stereocenters. The summed E-state index contributed by atoms with van der Waals surface area (Å²) in [5, 5.41) is 1.97. The molecule has 0 aliphatic carbocycles. The van der Waals surface area contributed by atoms with Gasteiger partial charge in [-0.2, -0.15) is 0 Å². The number of likely N-dealkylation sites (N-methyl/N-ethyl adjacent to an activating group) is 1. The molecule has 2 aliphatic rings. The third-order valence-corrected chi connectivity index (χ3v) is 6.29. The smallest absolute Gasteiger partial charge is 0.266 e. The molecule has 0 spiro atoms. The van der Waals surface area contributed by atoms with Crippen LogP contribution in [0.2, 0.25) is 0 Å². The van der Waals surface area contributed by atoms with Crippen molar-refractivity contribution in [3.63, 3.8) is 0 Å². The maximum Gasteiger partial charge on any atom is 0.266 e. The first-order valence-electron chi connectivity index (χ1n) is 7.80. The third kappa shape index (κ3) is 4.05.